The molecular formula is C10H10BrClO. The van der Waals surface area contributed by atoms with Gasteiger partial charge in [-0.25, -0.2) is 0 Å². The van der Waals surface area contributed by atoms with E-state index in [0.29, 0.717) is 11.6 Å². The highest BCUT2D eigenvalue weighted by atomic mass is 79.9. The lowest BCUT2D eigenvalue weighted by Gasteiger charge is -2.06. The van der Waals surface area contributed by atoms with Crippen LogP contribution in [0.3, 0.4) is 0 Å². The van der Waals surface area contributed by atoms with Crippen LogP contribution < -0.4 is 4.74 Å². The van der Waals surface area contributed by atoms with Gasteiger partial charge in [-0.05, 0) is 30.7 Å². The summed E-state index contributed by atoms with van der Waals surface area (Å²) >= 11 is 8.96. The monoisotopic (exact) mass is 260 g/mol. The van der Waals surface area contributed by atoms with E-state index >= 15 is 0 Å². The lowest BCUT2D eigenvalue weighted by atomic mass is 10.2. The maximum atomic E-state index is 5.58. The largest absolute Gasteiger partial charge is 0.488 e. The summed E-state index contributed by atoms with van der Waals surface area (Å²) in [7, 11) is 0. The van der Waals surface area contributed by atoms with Gasteiger partial charge in [0.25, 0.3) is 0 Å². The summed E-state index contributed by atoms with van der Waals surface area (Å²) in [5.74, 6) is 0.800. The smallest absolute Gasteiger partial charge is 0.123 e. The third kappa shape index (κ3) is 3.83. The Morgan fingerprint density at radius 1 is 1.54 bits per heavy atom. The molecule has 0 aliphatic heterocycles. The Kier molecular flexibility index (Phi) is 3.82. The maximum Gasteiger partial charge on any atom is 0.123 e. The lowest BCUT2D eigenvalue weighted by Crippen LogP contribution is -1.96. The molecule has 0 bridgehead atoms. The zero-order valence-electron chi connectivity index (χ0n) is 7.31. The van der Waals surface area contributed by atoms with Gasteiger partial charge in [0.15, 0.2) is 0 Å². The van der Waals surface area contributed by atoms with Crippen LogP contribution in [0.1, 0.15) is 5.56 Å². The number of aryl methyl sites for hydroxylation is 1. The van der Waals surface area contributed by atoms with Crippen molar-refractivity contribution in [3.05, 3.63) is 39.8 Å². The van der Waals surface area contributed by atoms with Crippen molar-refractivity contribution in [2.45, 2.75) is 6.92 Å². The number of rotatable bonds is 3. The second kappa shape index (κ2) is 4.68. The van der Waals surface area contributed by atoms with E-state index in [1.54, 1.807) is 0 Å². The summed E-state index contributed by atoms with van der Waals surface area (Å²) in [5.41, 5.74) is 1.14. The van der Waals surface area contributed by atoms with Gasteiger partial charge < -0.3 is 4.74 Å². The Labute approximate surface area is 91.5 Å². The Hall–Kier alpha value is -0.470. The molecule has 0 fully saturated rings. The van der Waals surface area contributed by atoms with Crippen molar-refractivity contribution in [1.82, 2.24) is 0 Å². The van der Waals surface area contributed by atoms with Gasteiger partial charge >= 0.3 is 0 Å². The minimum absolute atomic E-state index is 0.345. The van der Waals surface area contributed by atoms with Gasteiger partial charge in [0.2, 0.25) is 0 Å². The fourth-order valence-corrected chi connectivity index (χ4v) is 1.59. The summed E-state index contributed by atoms with van der Waals surface area (Å²) < 4.78 is 6.37. The maximum absolute atomic E-state index is 5.58. The second-order valence-corrected chi connectivity index (χ2v) is 4.22. The Morgan fingerprint density at radius 3 is 2.77 bits per heavy atom. The molecule has 0 saturated heterocycles. The first kappa shape index (κ1) is 10.6. The van der Waals surface area contributed by atoms with Crippen LogP contribution >= 0.6 is 27.5 Å². The molecule has 0 atom stereocenters. The predicted molar refractivity (Wildman–Crippen MR) is 59.4 cm³/mol. The summed E-state index contributed by atoms with van der Waals surface area (Å²) in [6, 6.07) is 5.86. The van der Waals surface area contributed by atoms with Crippen LogP contribution in [0.15, 0.2) is 34.3 Å². The molecule has 70 valence electrons. The van der Waals surface area contributed by atoms with Crippen LogP contribution in [-0.4, -0.2) is 6.61 Å². The van der Waals surface area contributed by atoms with E-state index in [0.717, 1.165) is 15.8 Å². The SMILES string of the molecule is C=C(Cl)COc1cc(C)cc(Br)c1. The Morgan fingerprint density at radius 2 is 2.23 bits per heavy atom. The quantitative estimate of drug-likeness (QED) is 0.802. The fourth-order valence-electron chi connectivity index (χ4n) is 0.948. The minimum Gasteiger partial charge on any atom is -0.488 e. The van der Waals surface area contributed by atoms with Crippen LogP contribution in [0.25, 0.3) is 0 Å². The average Bonchev–Trinajstić information content (AvgIpc) is 1.99. The normalized spacial score (nSPS) is 9.77. The topological polar surface area (TPSA) is 9.23 Å². The zero-order chi connectivity index (χ0) is 9.84. The first-order chi connectivity index (χ1) is 6.08. The average molecular weight is 262 g/mol. The Bertz CT molecular complexity index is 302. The molecule has 0 aliphatic carbocycles. The third-order valence-corrected chi connectivity index (χ3v) is 1.98. The lowest BCUT2D eigenvalue weighted by molar-refractivity contribution is 0.359. The molecule has 0 amide bonds. The van der Waals surface area contributed by atoms with E-state index in [1.807, 2.05) is 25.1 Å². The molecule has 1 aromatic carbocycles. The minimum atomic E-state index is 0.345. The third-order valence-electron chi connectivity index (χ3n) is 1.41. The highest BCUT2D eigenvalue weighted by molar-refractivity contribution is 9.10. The van der Waals surface area contributed by atoms with Gasteiger partial charge in [0, 0.05) is 9.51 Å². The van der Waals surface area contributed by atoms with Crippen LogP contribution in [0.2, 0.25) is 0 Å². The van der Waals surface area contributed by atoms with Gasteiger partial charge in [-0.1, -0.05) is 34.1 Å². The van der Waals surface area contributed by atoms with Gasteiger partial charge in [0.1, 0.15) is 12.4 Å². The van der Waals surface area contributed by atoms with Crippen molar-refractivity contribution in [1.29, 1.82) is 0 Å². The van der Waals surface area contributed by atoms with Crippen LogP contribution in [0, 0.1) is 6.92 Å². The molecule has 3 heteroatoms. The highest BCUT2D eigenvalue weighted by Crippen LogP contribution is 2.21. The molecule has 0 radical (unpaired) electrons. The van der Waals surface area contributed by atoms with E-state index < -0.39 is 0 Å². The van der Waals surface area contributed by atoms with E-state index in [2.05, 4.69) is 22.5 Å². The van der Waals surface area contributed by atoms with Crippen molar-refractivity contribution in [3.8, 4) is 5.75 Å². The molecule has 0 unspecified atom stereocenters. The number of halogens is 2. The molecule has 0 aliphatic rings. The van der Waals surface area contributed by atoms with Gasteiger partial charge in [-0.15, -0.1) is 0 Å². The first-order valence-corrected chi connectivity index (χ1v) is 4.98. The van der Waals surface area contributed by atoms with Crippen molar-refractivity contribution < 1.29 is 4.74 Å². The summed E-state index contributed by atoms with van der Waals surface area (Å²) in [5, 5.41) is 0.498. The number of hydrogen-bond donors (Lipinski definition) is 0. The summed E-state index contributed by atoms with van der Waals surface area (Å²) in [6.07, 6.45) is 0. The summed E-state index contributed by atoms with van der Waals surface area (Å²) in [4.78, 5) is 0. The molecule has 1 aromatic rings. The Balaban J connectivity index is 2.71. The number of hydrogen-bond acceptors (Lipinski definition) is 1. The van der Waals surface area contributed by atoms with Crippen molar-refractivity contribution in [2.24, 2.45) is 0 Å². The van der Waals surface area contributed by atoms with Crippen molar-refractivity contribution in [3.63, 3.8) is 0 Å². The fraction of sp³-hybridized carbons (Fsp3) is 0.200. The molecule has 13 heavy (non-hydrogen) atoms. The van der Waals surface area contributed by atoms with Crippen molar-refractivity contribution >= 4 is 27.5 Å². The van der Waals surface area contributed by atoms with Crippen LogP contribution in [0.4, 0.5) is 0 Å². The highest BCUT2D eigenvalue weighted by Gasteiger charge is 1.97. The molecule has 0 aromatic heterocycles. The molecule has 0 heterocycles. The van der Waals surface area contributed by atoms with Crippen LogP contribution in [-0.2, 0) is 0 Å². The van der Waals surface area contributed by atoms with E-state index in [4.69, 9.17) is 16.3 Å². The molecular weight excluding hydrogens is 251 g/mol. The van der Waals surface area contributed by atoms with Crippen molar-refractivity contribution in [2.75, 3.05) is 6.61 Å². The van der Waals surface area contributed by atoms with Gasteiger partial charge in [0.05, 0.1) is 0 Å². The zero-order valence-corrected chi connectivity index (χ0v) is 9.65. The molecule has 0 spiro atoms. The van der Waals surface area contributed by atoms with Gasteiger partial charge in [-0.3, -0.25) is 0 Å². The van der Waals surface area contributed by atoms with Crippen LogP contribution in [0.5, 0.6) is 5.75 Å². The van der Waals surface area contributed by atoms with Gasteiger partial charge in [-0.2, -0.15) is 0 Å². The predicted octanol–water partition coefficient (Wildman–Crippen LogP) is 3.89. The van der Waals surface area contributed by atoms with E-state index in [-0.39, 0.29) is 0 Å². The van der Waals surface area contributed by atoms with E-state index in [1.165, 1.54) is 0 Å². The second-order valence-electron chi connectivity index (χ2n) is 2.77. The van der Waals surface area contributed by atoms with E-state index in [9.17, 15) is 0 Å². The molecule has 0 saturated carbocycles. The summed E-state index contributed by atoms with van der Waals surface area (Å²) in [6.45, 7) is 5.90. The molecule has 1 rings (SSSR count). The standard InChI is InChI=1S/C10H10BrClO/c1-7-3-9(11)5-10(4-7)13-6-8(2)12/h3-5H,2,6H2,1H3. The first-order valence-electron chi connectivity index (χ1n) is 3.81. The number of ether oxygens (including phenoxy) is 1. The molecule has 0 N–H and O–H groups in total. The molecule has 1 nitrogen and oxygen atoms in total. The number of benzene rings is 1.